The summed E-state index contributed by atoms with van der Waals surface area (Å²) < 4.78 is 5.09. The van der Waals surface area contributed by atoms with Crippen molar-refractivity contribution in [3.63, 3.8) is 0 Å². The van der Waals surface area contributed by atoms with Crippen LogP contribution in [0.5, 0.6) is 11.5 Å². The summed E-state index contributed by atoms with van der Waals surface area (Å²) in [5.41, 5.74) is 1.96. The number of amides is 1. The predicted molar refractivity (Wildman–Crippen MR) is 110 cm³/mol. The lowest BCUT2D eigenvalue weighted by molar-refractivity contribution is -0.131. The lowest BCUT2D eigenvalue weighted by atomic mass is 10.1. The van der Waals surface area contributed by atoms with Crippen LogP contribution in [0.25, 0.3) is 10.8 Å². The van der Waals surface area contributed by atoms with Gasteiger partial charge in [0.25, 0.3) is 5.91 Å². The van der Waals surface area contributed by atoms with E-state index in [2.05, 4.69) is 12.2 Å². The Labute approximate surface area is 164 Å². The van der Waals surface area contributed by atoms with Crippen molar-refractivity contribution < 1.29 is 19.4 Å². The number of hydrogen-bond donors (Lipinski definition) is 2. The van der Waals surface area contributed by atoms with Crippen molar-refractivity contribution in [1.29, 1.82) is 0 Å². The van der Waals surface area contributed by atoms with Crippen LogP contribution >= 0.6 is 0 Å². The molecule has 0 saturated heterocycles. The minimum absolute atomic E-state index is 0.0420. The van der Waals surface area contributed by atoms with E-state index in [1.807, 2.05) is 12.1 Å². The maximum absolute atomic E-state index is 12.7. The molecule has 5 heteroatoms. The van der Waals surface area contributed by atoms with Gasteiger partial charge in [-0.2, -0.15) is 0 Å². The number of fused-ring (bicyclic) bond motifs is 1. The van der Waals surface area contributed by atoms with Crippen LogP contribution in [0.2, 0.25) is 0 Å². The van der Waals surface area contributed by atoms with Crippen LogP contribution < -0.4 is 10.1 Å². The minimum Gasteiger partial charge on any atom is -0.506 e. The molecule has 3 rings (SSSR count). The van der Waals surface area contributed by atoms with E-state index in [4.69, 9.17) is 4.74 Å². The molecule has 0 aliphatic carbocycles. The van der Waals surface area contributed by atoms with Crippen molar-refractivity contribution in [3.05, 3.63) is 65.7 Å². The lowest BCUT2D eigenvalue weighted by Crippen LogP contribution is -2.12. The molecule has 144 valence electrons. The van der Waals surface area contributed by atoms with Crippen molar-refractivity contribution >= 4 is 28.3 Å². The van der Waals surface area contributed by atoms with Crippen LogP contribution in [0.4, 0.5) is 5.69 Å². The summed E-state index contributed by atoms with van der Waals surface area (Å²) in [7, 11) is 0. The monoisotopic (exact) mass is 377 g/mol. The quantitative estimate of drug-likeness (QED) is 0.357. The number of carbonyl (C=O) groups is 2. The zero-order chi connectivity index (χ0) is 20.1. The topological polar surface area (TPSA) is 75.6 Å². The van der Waals surface area contributed by atoms with Crippen LogP contribution in [0.15, 0.2) is 54.6 Å². The van der Waals surface area contributed by atoms with Gasteiger partial charge < -0.3 is 15.2 Å². The first kappa shape index (κ1) is 19.4. The van der Waals surface area contributed by atoms with Crippen LogP contribution in [0.1, 0.15) is 42.6 Å². The molecule has 0 aliphatic heterocycles. The van der Waals surface area contributed by atoms with Gasteiger partial charge in [-0.3, -0.25) is 9.59 Å². The van der Waals surface area contributed by atoms with E-state index in [0.29, 0.717) is 17.0 Å². The van der Waals surface area contributed by atoms with Gasteiger partial charge in [0.2, 0.25) is 0 Å². The second kappa shape index (κ2) is 8.57. The van der Waals surface area contributed by atoms with Crippen molar-refractivity contribution in [3.8, 4) is 11.5 Å². The highest BCUT2D eigenvalue weighted by atomic mass is 16.5. The summed E-state index contributed by atoms with van der Waals surface area (Å²) in [4.78, 5) is 23.7. The fourth-order valence-corrected chi connectivity index (χ4v) is 3.01. The molecule has 3 aromatic carbocycles. The van der Waals surface area contributed by atoms with E-state index in [9.17, 15) is 14.7 Å². The molecule has 1 amide bonds. The first-order valence-electron chi connectivity index (χ1n) is 9.31. The van der Waals surface area contributed by atoms with Gasteiger partial charge in [-0.25, -0.2) is 0 Å². The van der Waals surface area contributed by atoms with Gasteiger partial charge in [-0.1, -0.05) is 31.5 Å². The number of aryl methyl sites for hydroxylation is 1. The molecule has 3 aromatic rings. The molecular formula is C23H23NO4. The fourth-order valence-electron chi connectivity index (χ4n) is 3.01. The molecule has 0 aliphatic rings. The average Bonchev–Trinajstić information content (AvgIpc) is 2.67. The van der Waals surface area contributed by atoms with Crippen molar-refractivity contribution in [2.45, 2.75) is 33.1 Å². The van der Waals surface area contributed by atoms with Crippen LogP contribution in [0.3, 0.4) is 0 Å². The number of anilines is 1. The van der Waals surface area contributed by atoms with Gasteiger partial charge in [0.05, 0.1) is 5.69 Å². The summed E-state index contributed by atoms with van der Waals surface area (Å²) in [6.07, 6.45) is 3.04. The number of esters is 1. The van der Waals surface area contributed by atoms with Crippen LogP contribution in [-0.4, -0.2) is 17.0 Å². The summed E-state index contributed by atoms with van der Waals surface area (Å²) in [5.74, 6) is -0.170. The number of carbonyl (C=O) groups excluding carboxylic acids is 2. The second-order valence-corrected chi connectivity index (χ2v) is 6.73. The van der Waals surface area contributed by atoms with E-state index in [1.165, 1.54) is 6.92 Å². The maximum atomic E-state index is 12.7. The minimum atomic E-state index is -0.378. The molecule has 0 saturated carbocycles. The van der Waals surface area contributed by atoms with Gasteiger partial charge in [0, 0.05) is 12.5 Å². The molecule has 0 heterocycles. The molecule has 0 radical (unpaired) electrons. The number of phenols is 1. The van der Waals surface area contributed by atoms with E-state index < -0.39 is 0 Å². The highest BCUT2D eigenvalue weighted by molar-refractivity contribution is 6.07. The van der Waals surface area contributed by atoms with E-state index in [1.54, 1.807) is 42.5 Å². The maximum Gasteiger partial charge on any atom is 0.308 e. The number of hydrogen-bond acceptors (Lipinski definition) is 4. The third kappa shape index (κ3) is 4.68. The third-order valence-electron chi connectivity index (χ3n) is 4.46. The Bertz CT molecular complexity index is 1030. The number of rotatable bonds is 6. The number of nitrogens with one attached hydrogen (secondary N) is 1. The SMILES string of the molecule is CCCCc1ccc(O)c(NC(=O)c2ccc3cc(OC(C)=O)ccc3c2)c1. The first-order chi connectivity index (χ1) is 13.5. The molecule has 2 N–H and O–H groups in total. The zero-order valence-electron chi connectivity index (χ0n) is 16.0. The number of phenolic OH excluding ortho intramolecular Hbond substituents is 1. The summed E-state index contributed by atoms with van der Waals surface area (Å²) >= 11 is 0. The Kier molecular flexibility index (Phi) is 5.94. The lowest BCUT2D eigenvalue weighted by Gasteiger charge is -2.10. The predicted octanol–water partition coefficient (Wildman–Crippen LogP) is 5.07. The first-order valence-corrected chi connectivity index (χ1v) is 9.31. The van der Waals surface area contributed by atoms with Crippen molar-refractivity contribution in [1.82, 2.24) is 0 Å². The van der Waals surface area contributed by atoms with Gasteiger partial charge in [0.15, 0.2) is 0 Å². The van der Waals surface area contributed by atoms with E-state index in [-0.39, 0.29) is 17.6 Å². The number of benzene rings is 3. The molecule has 0 fully saturated rings. The average molecular weight is 377 g/mol. The smallest absolute Gasteiger partial charge is 0.308 e. The molecule has 28 heavy (non-hydrogen) atoms. The van der Waals surface area contributed by atoms with Crippen LogP contribution in [0, 0.1) is 0 Å². The largest absolute Gasteiger partial charge is 0.506 e. The van der Waals surface area contributed by atoms with Gasteiger partial charge in [-0.15, -0.1) is 0 Å². The number of ether oxygens (including phenoxy) is 1. The summed E-state index contributed by atoms with van der Waals surface area (Å²) in [5, 5.41) is 14.6. The second-order valence-electron chi connectivity index (χ2n) is 6.73. The normalized spacial score (nSPS) is 10.6. The standard InChI is InChI=1S/C23H23NO4/c1-3-4-5-16-6-11-22(26)21(12-16)24-23(27)19-8-7-18-14-20(28-15(2)25)10-9-17(18)13-19/h6-14,26H,3-5H2,1-2H3,(H,24,27). The number of aromatic hydroxyl groups is 1. The van der Waals surface area contributed by atoms with Crippen LogP contribution in [-0.2, 0) is 11.2 Å². The highest BCUT2D eigenvalue weighted by Crippen LogP contribution is 2.27. The van der Waals surface area contributed by atoms with E-state index >= 15 is 0 Å². The summed E-state index contributed by atoms with van der Waals surface area (Å²) in [6, 6.07) is 15.8. The van der Waals surface area contributed by atoms with Gasteiger partial charge in [-0.05, 0) is 65.6 Å². The van der Waals surface area contributed by atoms with Crippen molar-refractivity contribution in [2.75, 3.05) is 5.32 Å². The zero-order valence-corrected chi connectivity index (χ0v) is 16.0. The third-order valence-corrected chi connectivity index (χ3v) is 4.46. The Balaban J connectivity index is 1.80. The Morgan fingerprint density at radius 1 is 1.00 bits per heavy atom. The Morgan fingerprint density at radius 3 is 2.50 bits per heavy atom. The van der Waals surface area contributed by atoms with Gasteiger partial charge in [0.1, 0.15) is 11.5 Å². The molecule has 0 spiro atoms. The molecular weight excluding hydrogens is 354 g/mol. The Hall–Kier alpha value is -3.34. The molecule has 0 unspecified atom stereocenters. The molecule has 5 nitrogen and oxygen atoms in total. The molecule has 0 aromatic heterocycles. The molecule has 0 bridgehead atoms. The molecule has 0 atom stereocenters. The van der Waals surface area contributed by atoms with E-state index in [0.717, 1.165) is 35.6 Å². The fraction of sp³-hybridized carbons (Fsp3) is 0.217. The number of unbranched alkanes of at least 4 members (excludes halogenated alkanes) is 1. The highest BCUT2D eigenvalue weighted by Gasteiger charge is 2.11. The Morgan fingerprint density at radius 2 is 1.75 bits per heavy atom. The van der Waals surface area contributed by atoms with Gasteiger partial charge >= 0.3 is 5.97 Å². The van der Waals surface area contributed by atoms with Crippen molar-refractivity contribution in [2.24, 2.45) is 0 Å². The summed E-state index contributed by atoms with van der Waals surface area (Å²) in [6.45, 7) is 3.47.